The highest BCUT2D eigenvalue weighted by Crippen LogP contribution is 2.52. The fourth-order valence-electron chi connectivity index (χ4n) is 3.33. The van der Waals surface area contributed by atoms with Crippen LogP contribution in [0, 0.1) is 5.41 Å². The van der Waals surface area contributed by atoms with Gasteiger partial charge in [-0.1, -0.05) is 0 Å². The number of carbonyl (C=O) groups excluding carboxylic acids is 3. The summed E-state index contributed by atoms with van der Waals surface area (Å²) in [5.74, 6) is -3.05. The number of aliphatic carboxylic acids is 1. The normalized spacial score (nSPS) is 27.6. The van der Waals surface area contributed by atoms with Gasteiger partial charge in [-0.05, 0) is 0 Å². The molecule has 2 fully saturated rings. The number of thiazole rings is 1. The predicted molar refractivity (Wildman–Crippen MR) is 110 cm³/mol. The summed E-state index contributed by atoms with van der Waals surface area (Å²) in [7, 11) is -3.54. The summed E-state index contributed by atoms with van der Waals surface area (Å²) in [6, 6.07) is 0. The van der Waals surface area contributed by atoms with Crippen molar-refractivity contribution in [1.82, 2.24) is 15.2 Å². The van der Waals surface area contributed by atoms with Crippen molar-refractivity contribution in [2.24, 2.45) is 11.1 Å². The fourth-order valence-corrected chi connectivity index (χ4v) is 6.68. The van der Waals surface area contributed by atoms with Gasteiger partial charge in [-0.2, -0.15) is 0 Å². The number of aromatic nitrogens is 1. The molecule has 0 spiro atoms. The van der Waals surface area contributed by atoms with Crippen LogP contribution in [-0.2, 0) is 29.1 Å². The maximum absolute atomic E-state index is 12.8. The average molecular weight is 494 g/mol. The van der Waals surface area contributed by atoms with E-state index in [1.165, 1.54) is 17.2 Å². The zero-order chi connectivity index (χ0) is 23.1. The van der Waals surface area contributed by atoms with Crippen LogP contribution in [0.1, 0.15) is 18.5 Å². The number of nitrogens with two attached hydrogens (primary N) is 1. The number of sulfonamides is 1. The molecule has 2 saturated heterocycles. The van der Waals surface area contributed by atoms with Gasteiger partial charge >= 0.3 is 12.1 Å². The number of carboxylic acid groups (broad SMARTS) is 1. The van der Waals surface area contributed by atoms with E-state index in [0.717, 1.165) is 29.4 Å². The Bertz CT molecular complexity index is 1040. The number of thioether (sulfide) groups is 1. The predicted octanol–water partition coefficient (Wildman–Crippen LogP) is -0.858. The molecule has 0 aliphatic carbocycles. The van der Waals surface area contributed by atoms with Crippen molar-refractivity contribution in [2.45, 2.75) is 23.6 Å². The summed E-state index contributed by atoms with van der Waals surface area (Å²) >= 11 is 2.02. The van der Waals surface area contributed by atoms with E-state index >= 15 is 0 Å². The molecule has 0 bridgehead atoms. The number of hydrogen-bond donors (Lipinski definition) is 4. The minimum atomic E-state index is -3.54. The lowest BCUT2D eigenvalue weighted by Crippen LogP contribution is -2.71. The average Bonchev–Trinajstić information content (AvgIpc) is 3.05. The van der Waals surface area contributed by atoms with E-state index in [4.69, 9.17) is 10.5 Å². The molecular formula is C15H19N5O8S3. The van der Waals surface area contributed by atoms with Gasteiger partial charge < -0.3 is 25.8 Å². The SMILES string of the molecule is CC(=O)NC1S[C@@H]2C(c3csc(NS(C)(=O)=O)n3)C(=O)N2CC1(COC(N)=O)C(=O)O. The van der Waals surface area contributed by atoms with Crippen molar-refractivity contribution in [2.75, 3.05) is 24.1 Å². The molecule has 3 amide bonds. The second-order valence-electron chi connectivity index (χ2n) is 7.07. The molecule has 0 saturated carbocycles. The molecule has 13 nitrogen and oxygen atoms in total. The number of carboxylic acids is 1. The number of β-lactam (4-membered cyclic amide) rings is 1. The van der Waals surface area contributed by atoms with Crippen LogP contribution in [0.4, 0.5) is 9.93 Å². The van der Waals surface area contributed by atoms with Crippen LogP contribution in [0.3, 0.4) is 0 Å². The number of nitrogens with zero attached hydrogens (tertiary/aromatic N) is 2. The lowest BCUT2D eigenvalue weighted by atomic mass is 9.83. The molecule has 0 aromatic carbocycles. The minimum absolute atomic E-state index is 0.0951. The Morgan fingerprint density at radius 3 is 2.68 bits per heavy atom. The van der Waals surface area contributed by atoms with Crippen molar-refractivity contribution in [3.05, 3.63) is 11.1 Å². The number of carbonyl (C=O) groups is 4. The van der Waals surface area contributed by atoms with E-state index in [0.29, 0.717) is 5.69 Å². The molecule has 4 atom stereocenters. The van der Waals surface area contributed by atoms with Crippen LogP contribution in [0.2, 0.25) is 0 Å². The number of anilines is 1. The van der Waals surface area contributed by atoms with Crippen LogP contribution in [0.5, 0.6) is 0 Å². The van der Waals surface area contributed by atoms with Gasteiger partial charge in [0.25, 0.3) is 0 Å². The molecule has 31 heavy (non-hydrogen) atoms. The number of nitrogens with one attached hydrogen (secondary N) is 2. The highest BCUT2D eigenvalue weighted by Gasteiger charge is 2.63. The molecule has 0 radical (unpaired) electrons. The van der Waals surface area contributed by atoms with E-state index in [9.17, 15) is 32.7 Å². The van der Waals surface area contributed by atoms with Crippen LogP contribution in [0.25, 0.3) is 0 Å². The molecule has 3 rings (SSSR count). The van der Waals surface area contributed by atoms with Crippen molar-refractivity contribution in [1.29, 1.82) is 0 Å². The lowest BCUT2D eigenvalue weighted by Gasteiger charge is -2.56. The Kier molecular flexibility index (Phi) is 6.07. The van der Waals surface area contributed by atoms with Gasteiger partial charge in [0, 0.05) is 18.8 Å². The zero-order valence-electron chi connectivity index (χ0n) is 16.2. The summed E-state index contributed by atoms with van der Waals surface area (Å²) < 4.78 is 29.7. The molecule has 3 unspecified atom stereocenters. The first-order chi connectivity index (χ1) is 14.3. The van der Waals surface area contributed by atoms with Crippen LogP contribution < -0.4 is 15.8 Å². The first-order valence-electron chi connectivity index (χ1n) is 8.66. The fraction of sp³-hybridized carbons (Fsp3) is 0.533. The summed E-state index contributed by atoms with van der Waals surface area (Å²) in [6.45, 7) is 0.240. The van der Waals surface area contributed by atoms with Gasteiger partial charge in [0.15, 0.2) is 5.13 Å². The molecule has 2 aliphatic heterocycles. The quantitative estimate of drug-likeness (QED) is 0.347. The topological polar surface area (TPSA) is 198 Å². The van der Waals surface area contributed by atoms with Gasteiger partial charge in [0.05, 0.1) is 22.7 Å². The van der Waals surface area contributed by atoms with Gasteiger partial charge in [-0.15, -0.1) is 23.1 Å². The second-order valence-corrected chi connectivity index (χ2v) is 10.9. The third-order valence-corrected chi connectivity index (χ3v) is 7.83. The number of amides is 3. The second kappa shape index (κ2) is 8.16. The van der Waals surface area contributed by atoms with Crippen LogP contribution in [-0.4, -0.2) is 77.4 Å². The number of rotatable bonds is 7. The molecule has 5 N–H and O–H groups in total. The Labute approximate surface area is 184 Å². The lowest BCUT2D eigenvalue weighted by molar-refractivity contribution is -0.162. The Hall–Kier alpha value is -2.59. The van der Waals surface area contributed by atoms with Crippen LogP contribution >= 0.6 is 23.1 Å². The first kappa shape index (κ1) is 23.1. The van der Waals surface area contributed by atoms with E-state index in [2.05, 4.69) is 15.0 Å². The highest BCUT2D eigenvalue weighted by molar-refractivity contribution is 8.00. The monoisotopic (exact) mass is 493 g/mol. The smallest absolute Gasteiger partial charge is 0.404 e. The molecule has 16 heteroatoms. The maximum Gasteiger partial charge on any atom is 0.404 e. The van der Waals surface area contributed by atoms with Crippen LogP contribution in [0.15, 0.2) is 5.38 Å². The molecular weight excluding hydrogens is 474 g/mol. The molecule has 1 aromatic heterocycles. The summed E-state index contributed by atoms with van der Waals surface area (Å²) in [5, 5.41) is 12.5. The van der Waals surface area contributed by atoms with Gasteiger partial charge in [0.2, 0.25) is 21.8 Å². The molecule has 3 heterocycles. The zero-order valence-corrected chi connectivity index (χ0v) is 18.7. The van der Waals surface area contributed by atoms with E-state index < -0.39 is 62.6 Å². The van der Waals surface area contributed by atoms with Crippen molar-refractivity contribution < 1.29 is 37.4 Å². The summed E-state index contributed by atoms with van der Waals surface area (Å²) in [5.41, 5.74) is 3.49. The Morgan fingerprint density at radius 2 is 2.13 bits per heavy atom. The van der Waals surface area contributed by atoms with Gasteiger partial charge in [-0.3, -0.25) is 19.1 Å². The number of ether oxygens (including phenoxy) is 1. The largest absolute Gasteiger partial charge is 0.481 e. The van der Waals surface area contributed by atoms with Crippen molar-refractivity contribution >= 4 is 62.1 Å². The number of primary amides is 1. The van der Waals surface area contributed by atoms with Gasteiger partial charge in [0.1, 0.15) is 17.9 Å². The Morgan fingerprint density at radius 1 is 1.45 bits per heavy atom. The standard InChI is InChI=1S/C15H19N5O8S3/c1-6(21)17-11-15(12(23)24,5-28-13(16)25)4-20-9(22)8(10(20)30-11)7-3-29-14(18-7)19-31(2,26)27/h3,8,10-11H,4-5H2,1-2H3,(H2,16,25)(H,17,21)(H,18,19)(H,23,24)/t8?,10-,11?,15?/m1/s1. The third-order valence-electron chi connectivity index (χ3n) is 4.72. The highest BCUT2D eigenvalue weighted by atomic mass is 32.2. The van der Waals surface area contributed by atoms with E-state index in [1.807, 2.05) is 0 Å². The van der Waals surface area contributed by atoms with E-state index in [-0.39, 0.29) is 11.7 Å². The minimum Gasteiger partial charge on any atom is -0.481 e. The number of hydrogen-bond acceptors (Lipinski definition) is 10. The first-order valence-corrected chi connectivity index (χ1v) is 12.4. The maximum atomic E-state index is 12.8. The number of fused-ring (bicyclic) bond motifs is 1. The third kappa shape index (κ3) is 4.54. The summed E-state index contributed by atoms with van der Waals surface area (Å²) in [6.07, 6.45) is -0.214. The van der Waals surface area contributed by atoms with Gasteiger partial charge in [-0.25, -0.2) is 18.2 Å². The van der Waals surface area contributed by atoms with E-state index in [1.54, 1.807) is 0 Å². The van der Waals surface area contributed by atoms with Crippen molar-refractivity contribution in [3.8, 4) is 0 Å². The Balaban J connectivity index is 1.88. The molecule has 2 aliphatic rings. The summed E-state index contributed by atoms with van der Waals surface area (Å²) in [4.78, 5) is 53.2. The molecule has 170 valence electrons. The van der Waals surface area contributed by atoms with Crippen molar-refractivity contribution in [3.63, 3.8) is 0 Å². The molecule has 1 aromatic rings.